The number of aromatic hydroxyl groups is 1. The summed E-state index contributed by atoms with van der Waals surface area (Å²) in [4.78, 5) is 41.9. The Hall–Kier alpha value is -3.90. The molecule has 1 heterocycles. The second-order valence-electron chi connectivity index (χ2n) is 12.1. The predicted octanol–water partition coefficient (Wildman–Crippen LogP) is 3.39. The third-order valence-electron chi connectivity index (χ3n) is 7.24. The smallest absolute Gasteiger partial charge is 0.318 e. The molecule has 11 nitrogen and oxygen atoms in total. The summed E-state index contributed by atoms with van der Waals surface area (Å²) in [5, 5.41) is 19.4. The van der Waals surface area contributed by atoms with Crippen molar-refractivity contribution in [3.8, 4) is 5.75 Å². The molecule has 45 heavy (non-hydrogen) atoms. The van der Waals surface area contributed by atoms with Crippen LogP contribution < -0.4 is 16.0 Å². The van der Waals surface area contributed by atoms with Crippen LogP contribution in [0.2, 0.25) is 0 Å². The number of hydrogen-bond acceptors (Lipinski definition) is 7. The summed E-state index contributed by atoms with van der Waals surface area (Å²) >= 11 is 0. The van der Waals surface area contributed by atoms with E-state index in [1.54, 1.807) is 35.2 Å². The van der Waals surface area contributed by atoms with E-state index in [4.69, 9.17) is 4.74 Å². The number of amides is 4. The Morgan fingerprint density at radius 1 is 0.844 bits per heavy atom. The van der Waals surface area contributed by atoms with Crippen molar-refractivity contribution in [2.45, 2.75) is 70.0 Å². The maximum atomic E-state index is 13.7. The normalized spacial score (nSPS) is 15.9. The molecule has 1 saturated heterocycles. The van der Waals surface area contributed by atoms with Crippen molar-refractivity contribution in [3.05, 3.63) is 71.6 Å². The van der Waals surface area contributed by atoms with Crippen molar-refractivity contribution in [2.75, 3.05) is 26.3 Å². The standard InChI is InChI=1S/C33H46N4O7S/c1-23(2)20-29(35-32(40)30(21-24(3)4)36-33(41)37-15-17-44-18-16-37)31(39)34-26(22-25-10-12-27(38)13-11-25)14-19-45(42,43)28-8-6-5-7-9-28/h5-14,19,23-24,26,29-30,38H,15-18,20-22H2,1-4H3,(H,34,39)(H,35,40)(H,36,41)/b19-14+/t26-,29+,30+/m1/s1. The first-order valence-corrected chi connectivity index (χ1v) is 16.9. The number of rotatable bonds is 14. The monoisotopic (exact) mass is 642 g/mol. The maximum Gasteiger partial charge on any atom is 0.318 e. The molecule has 2 aromatic rings. The minimum absolute atomic E-state index is 0.0390. The molecule has 0 radical (unpaired) electrons. The van der Waals surface area contributed by atoms with E-state index in [2.05, 4.69) is 16.0 Å². The van der Waals surface area contributed by atoms with Crippen molar-refractivity contribution >= 4 is 27.7 Å². The Balaban J connectivity index is 1.81. The molecule has 1 fully saturated rings. The van der Waals surface area contributed by atoms with Crippen molar-refractivity contribution in [2.24, 2.45) is 11.8 Å². The molecular formula is C33H46N4O7S. The van der Waals surface area contributed by atoms with E-state index in [0.717, 1.165) is 11.0 Å². The zero-order valence-electron chi connectivity index (χ0n) is 26.4. The summed E-state index contributed by atoms with van der Waals surface area (Å²) < 4.78 is 31.3. The minimum Gasteiger partial charge on any atom is -0.508 e. The van der Waals surface area contributed by atoms with E-state index in [0.29, 0.717) is 39.1 Å². The first-order valence-electron chi connectivity index (χ1n) is 15.3. The van der Waals surface area contributed by atoms with E-state index in [1.165, 1.54) is 30.3 Å². The Kier molecular flexibility index (Phi) is 13.4. The topological polar surface area (TPSA) is 154 Å². The largest absolute Gasteiger partial charge is 0.508 e. The highest BCUT2D eigenvalue weighted by Crippen LogP contribution is 2.16. The fourth-order valence-electron chi connectivity index (χ4n) is 4.91. The lowest BCUT2D eigenvalue weighted by atomic mass is 9.99. The lowest BCUT2D eigenvalue weighted by Crippen LogP contribution is -2.57. The second kappa shape index (κ2) is 17.0. The first-order chi connectivity index (χ1) is 21.3. The molecule has 3 rings (SSSR count). The summed E-state index contributed by atoms with van der Waals surface area (Å²) in [5.74, 6) is -0.738. The molecular weight excluding hydrogens is 596 g/mol. The molecule has 0 bridgehead atoms. The third-order valence-corrected chi connectivity index (χ3v) is 8.69. The zero-order chi connectivity index (χ0) is 33.0. The molecule has 0 aromatic heterocycles. The van der Waals surface area contributed by atoms with Gasteiger partial charge in [-0.2, -0.15) is 0 Å². The Labute approximate surface area is 266 Å². The van der Waals surface area contributed by atoms with Crippen LogP contribution in [0.15, 0.2) is 71.0 Å². The number of hydrogen-bond donors (Lipinski definition) is 4. The first kappa shape index (κ1) is 35.6. The van der Waals surface area contributed by atoms with E-state index in [9.17, 15) is 27.9 Å². The molecule has 0 spiro atoms. The summed E-state index contributed by atoms with van der Waals surface area (Å²) in [6.45, 7) is 9.46. The summed E-state index contributed by atoms with van der Waals surface area (Å²) in [6.07, 6.45) is 2.36. The molecule has 1 aliphatic heterocycles. The van der Waals surface area contributed by atoms with Crippen LogP contribution in [0.1, 0.15) is 46.1 Å². The molecule has 12 heteroatoms. The van der Waals surface area contributed by atoms with Gasteiger partial charge >= 0.3 is 6.03 Å². The molecule has 0 saturated carbocycles. The summed E-state index contributed by atoms with van der Waals surface area (Å²) in [7, 11) is -3.79. The van der Waals surface area contributed by atoms with Crippen molar-refractivity contribution in [1.82, 2.24) is 20.9 Å². The molecule has 3 atom stereocenters. The number of nitrogens with one attached hydrogen (secondary N) is 3. The summed E-state index contributed by atoms with van der Waals surface area (Å²) in [6, 6.07) is 11.5. The predicted molar refractivity (Wildman–Crippen MR) is 172 cm³/mol. The Morgan fingerprint density at radius 2 is 1.40 bits per heavy atom. The average molecular weight is 643 g/mol. The van der Waals surface area contributed by atoms with Gasteiger partial charge in [0.25, 0.3) is 0 Å². The lowest BCUT2D eigenvalue weighted by Gasteiger charge is -2.30. The minimum atomic E-state index is -3.79. The molecule has 2 aromatic carbocycles. The average Bonchev–Trinajstić information content (AvgIpc) is 3.00. The van der Waals surface area contributed by atoms with E-state index in [-0.39, 0.29) is 34.9 Å². The zero-order valence-corrected chi connectivity index (χ0v) is 27.3. The number of morpholine rings is 1. The number of ether oxygens (including phenoxy) is 1. The third kappa shape index (κ3) is 11.8. The lowest BCUT2D eigenvalue weighted by molar-refractivity contribution is -0.130. The molecule has 0 unspecified atom stereocenters. The van der Waals surface area contributed by atoms with Gasteiger partial charge in [0.05, 0.1) is 24.2 Å². The van der Waals surface area contributed by atoms with Gasteiger partial charge in [0.15, 0.2) is 9.84 Å². The van der Waals surface area contributed by atoms with Crippen molar-refractivity contribution < 1.29 is 32.6 Å². The highest BCUT2D eigenvalue weighted by molar-refractivity contribution is 7.94. The van der Waals surface area contributed by atoms with Crippen molar-refractivity contribution in [1.29, 1.82) is 0 Å². The molecule has 4 amide bonds. The number of benzene rings is 2. The van der Waals surface area contributed by atoms with Crippen LogP contribution in [0.3, 0.4) is 0 Å². The van der Waals surface area contributed by atoms with Crippen LogP contribution >= 0.6 is 0 Å². The van der Waals surface area contributed by atoms with Gasteiger partial charge in [0.1, 0.15) is 17.8 Å². The number of carbonyl (C=O) groups is 3. The summed E-state index contributed by atoms with van der Waals surface area (Å²) in [5.41, 5.74) is 0.757. The van der Waals surface area contributed by atoms with Gasteiger partial charge in [-0.25, -0.2) is 13.2 Å². The number of phenols is 1. The van der Waals surface area contributed by atoms with Gasteiger partial charge in [0.2, 0.25) is 11.8 Å². The fourth-order valence-corrected chi connectivity index (χ4v) is 6.00. The fraction of sp³-hybridized carbons (Fsp3) is 0.485. The molecule has 4 N–H and O–H groups in total. The second-order valence-corrected chi connectivity index (χ2v) is 13.9. The molecule has 1 aliphatic rings. The van der Waals surface area contributed by atoms with Gasteiger partial charge in [-0.1, -0.05) is 64.1 Å². The highest BCUT2D eigenvalue weighted by atomic mass is 32.2. The van der Waals surface area contributed by atoms with E-state index >= 15 is 0 Å². The van der Waals surface area contributed by atoms with Gasteiger partial charge < -0.3 is 30.7 Å². The van der Waals surface area contributed by atoms with E-state index in [1.807, 2.05) is 27.7 Å². The number of sulfone groups is 1. The Morgan fingerprint density at radius 3 is 1.98 bits per heavy atom. The molecule has 0 aliphatic carbocycles. The van der Waals surface area contributed by atoms with E-state index < -0.39 is 39.8 Å². The van der Waals surface area contributed by atoms with Crippen molar-refractivity contribution in [3.63, 3.8) is 0 Å². The SMILES string of the molecule is CC(C)C[C@H](NC(=O)[C@H](CC(C)C)NC(=O)N1CCOCC1)C(=O)N[C@H](/C=C/S(=O)(=O)c1ccccc1)Cc1ccc(O)cc1. The quantitative estimate of drug-likeness (QED) is 0.246. The maximum absolute atomic E-state index is 13.7. The highest BCUT2D eigenvalue weighted by Gasteiger charge is 2.30. The van der Waals surface area contributed by atoms with Crippen LogP contribution in [0.5, 0.6) is 5.75 Å². The number of phenolic OH excluding ortho intramolecular Hbond substituents is 1. The number of nitrogens with zero attached hydrogens (tertiary/aromatic N) is 1. The van der Waals surface area contributed by atoms with Gasteiger partial charge in [-0.3, -0.25) is 9.59 Å². The van der Waals surface area contributed by atoms with Crippen LogP contribution in [-0.4, -0.2) is 80.7 Å². The van der Waals surface area contributed by atoms with Gasteiger partial charge in [-0.15, -0.1) is 0 Å². The van der Waals surface area contributed by atoms with Gasteiger partial charge in [0, 0.05) is 18.5 Å². The Bertz CT molecular complexity index is 1390. The van der Waals surface area contributed by atoms with Gasteiger partial charge in [-0.05, 0) is 60.9 Å². The molecule has 246 valence electrons. The number of urea groups is 1. The van der Waals surface area contributed by atoms with Crippen LogP contribution in [0, 0.1) is 11.8 Å². The number of carbonyl (C=O) groups excluding carboxylic acids is 3. The van der Waals surface area contributed by atoms with Crippen LogP contribution in [0.4, 0.5) is 4.79 Å². The van der Waals surface area contributed by atoms with Crippen LogP contribution in [0.25, 0.3) is 0 Å². The van der Waals surface area contributed by atoms with Crippen LogP contribution in [-0.2, 0) is 30.6 Å².